The first-order chi connectivity index (χ1) is 8.65. The third kappa shape index (κ3) is 3.39. The van der Waals surface area contributed by atoms with E-state index in [-0.39, 0.29) is 0 Å². The van der Waals surface area contributed by atoms with E-state index in [0.29, 0.717) is 11.9 Å². The summed E-state index contributed by atoms with van der Waals surface area (Å²) in [5, 5.41) is 0. The van der Waals surface area contributed by atoms with E-state index < -0.39 is 12.0 Å². The third-order valence-electron chi connectivity index (χ3n) is 3.12. The molecule has 1 saturated carbocycles. The first-order valence-corrected chi connectivity index (χ1v) is 6.38. The number of ether oxygens (including phenoxy) is 2. The summed E-state index contributed by atoms with van der Waals surface area (Å²) >= 11 is 0. The number of carbonyl (C=O) groups is 1. The number of benzene rings is 1. The maximum absolute atomic E-state index is 10.9. The Balaban J connectivity index is 1.98. The molecule has 1 aliphatic carbocycles. The Morgan fingerprint density at radius 2 is 2.00 bits per heavy atom. The summed E-state index contributed by atoms with van der Waals surface area (Å²) in [5.41, 5.74) is 5.16. The van der Waals surface area contributed by atoms with Crippen molar-refractivity contribution in [2.75, 3.05) is 0 Å². The highest BCUT2D eigenvalue weighted by molar-refractivity contribution is 5.78. The van der Waals surface area contributed by atoms with Crippen LogP contribution in [0.3, 0.4) is 0 Å². The lowest BCUT2D eigenvalue weighted by atomic mass is 10.3. The molecule has 1 aromatic carbocycles. The Bertz CT molecular complexity index is 413. The van der Waals surface area contributed by atoms with Crippen LogP contribution >= 0.6 is 0 Å². The van der Waals surface area contributed by atoms with Crippen LogP contribution in [0, 0.1) is 0 Å². The molecule has 0 aliphatic heterocycles. The second-order valence-electron chi connectivity index (χ2n) is 4.66. The molecule has 0 aromatic heterocycles. The molecule has 18 heavy (non-hydrogen) atoms. The number of rotatable bonds is 5. The molecule has 4 heteroatoms. The van der Waals surface area contributed by atoms with Crippen LogP contribution in [0.5, 0.6) is 11.5 Å². The molecular weight excluding hydrogens is 230 g/mol. The molecule has 0 heterocycles. The Labute approximate surface area is 107 Å². The van der Waals surface area contributed by atoms with Crippen molar-refractivity contribution in [3.63, 3.8) is 0 Å². The maximum Gasteiger partial charge on any atom is 0.258 e. The van der Waals surface area contributed by atoms with E-state index in [1.165, 1.54) is 12.8 Å². The average molecular weight is 249 g/mol. The van der Waals surface area contributed by atoms with E-state index in [2.05, 4.69) is 0 Å². The van der Waals surface area contributed by atoms with Crippen LogP contribution in [0.25, 0.3) is 0 Å². The van der Waals surface area contributed by atoms with Gasteiger partial charge in [-0.2, -0.15) is 0 Å². The van der Waals surface area contributed by atoms with Crippen molar-refractivity contribution >= 4 is 5.91 Å². The maximum atomic E-state index is 10.9. The zero-order chi connectivity index (χ0) is 13.0. The van der Waals surface area contributed by atoms with Crippen molar-refractivity contribution in [2.24, 2.45) is 5.73 Å². The van der Waals surface area contributed by atoms with Gasteiger partial charge < -0.3 is 15.2 Å². The molecule has 0 spiro atoms. The van der Waals surface area contributed by atoms with Gasteiger partial charge in [0.2, 0.25) is 0 Å². The van der Waals surface area contributed by atoms with Crippen molar-refractivity contribution in [3.8, 4) is 11.5 Å². The second-order valence-corrected chi connectivity index (χ2v) is 4.66. The summed E-state index contributed by atoms with van der Waals surface area (Å²) in [7, 11) is 0. The lowest BCUT2D eigenvalue weighted by Gasteiger charge is -2.15. The van der Waals surface area contributed by atoms with Crippen LogP contribution in [0.1, 0.15) is 32.6 Å². The molecule has 0 bridgehead atoms. The van der Waals surface area contributed by atoms with Gasteiger partial charge in [0.1, 0.15) is 11.5 Å². The zero-order valence-electron chi connectivity index (χ0n) is 10.6. The molecule has 1 atom stereocenters. The van der Waals surface area contributed by atoms with Gasteiger partial charge >= 0.3 is 0 Å². The number of nitrogens with two attached hydrogens (primary N) is 1. The second kappa shape index (κ2) is 5.76. The summed E-state index contributed by atoms with van der Waals surface area (Å²) in [6.45, 7) is 1.63. The van der Waals surface area contributed by atoms with Crippen molar-refractivity contribution in [1.29, 1.82) is 0 Å². The molecule has 98 valence electrons. The first-order valence-electron chi connectivity index (χ1n) is 6.38. The first kappa shape index (κ1) is 12.7. The van der Waals surface area contributed by atoms with Crippen molar-refractivity contribution in [1.82, 2.24) is 0 Å². The molecule has 0 saturated heterocycles. The molecule has 2 N–H and O–H groups in total. The minimum Gasteiger partial charge on any atom is -0.490 e. The normalized spacial score (nSPS) is 17.4. The molecule has 0 radical (unpaired) electrons. The predicted molar refractivity (Wildman–Crippen MR) is 68.6 cm³/mol. The van der Waals surface area contributed by atoms with E-state index in [9.17, 15) is 4.79 Å². The van der Waals surface area contributed by atoms with Gasteiger partial charge in [-0.05, 0) is 44.7 Å². The van der Waals surface area contributed by atoms with Gasteiger partial charge in [0.25, 0.3) is 5.91 Å². The average Bonchev–Trinajstić information content (AvgIpc) is 2.82. The highest BCUT2D eigenvalue weighted by Crippen LogP contribution is 2.26. The minimum atomic E-state index is -0.633. The highest BCUT2D eigenvalue weighted by Gasteiger charge is 2.17. The van der Waals surface area contributed by atoms with Gasteiger partial charge in [0, 0.05) is 6.07 Å². The smallest absolute Gasteiger partial charge is 0.258 e. The lowest BCUT2D eigenvalue weighted by Crippen LogP contribution is -2.30. The van der Waals surface area contributed by atoms with E-state index >= 15 is 0 Å². The molecule has 1 amide bonds. The molecule has 1 fully saturated rings. The van der Waals surface area contributed by atoms with Gasteiger partial charge in [-0.1, -0.05) is 6.07 Å². The van der Waals surface area contributed by atoms with Crippen LogP contribution in [0.15, 0.2) is 24.3 Å². The largest absolute Gasteiger partial charge is 0.490 e. The van der Waals surface area contributed by atoms with Crippen LogP contribution in [-0.2, 0) is 4.79 Å². The fraction of sp³-hybridized carbons (Fsp3) is 0.500. The molecule has 0 unspecified atom stereocenters. The summed E-state index contributed by atoms with van der Waals surface area (Å²) in [6.07, 6.45) is 4.38. The number of hydrogen-bond donors (Lipinski definition) is 1. The number of carbonyl (C=O) groups excluding carboxylic acids is 1. The van der Waals surface area contributed by atoms with Gasteiger partial charge in [0.05, 0.1) is 6.10 Å². The standard InChI is InChI=1S/C14H19NO3/c1-10(14(15)16)17-12-7-4-8-13(9-12)18-11-5-2-3-6-11/h4,7-11H,2-3,5-6H2,1H3,(H2,15,16)/t10-/m1/s1. The Morgan fingerprint density at radius 1 is 1.33 bits per heavy atom. The molecule has 2 rings (SSSR count). The molecular formula is C14H19NO3. The predicted octanol–water partition coefficient (Wildman–Crippen LogP) is 2.26. The van der Waals surface area contributed by atoms with E-state index in [1.54, 1.807) is 19.1 Å². The highest BCUT2D eigenvalue weighted by atomic mass is 16.5. The number of hydrogen-bond acceptors (Lipinski definition) is 3. The van der Waals surface area contributed by atoms with Crippen LogP contribution in [0.4, 0.5) is 0 Å². The number of primary amides is 1. The summed E-state index contributed by atoms with van der Waals surface area (Å²) in [5.74, 6) is 0.921. The monoisotopic (exact) mass is 249 g/mol. The zero-order valence-corrected chi connectivity index (χ0v) is 10.6. The Kier molecular flexibility index (Phi) is 4.07. The number of amides is 1. The summed E-state index contributed by atoms with van der Waals surface area (Å²) in [6, 6.07) is 7.35. The van der Waals surface area contributed by atoms with Crippen molar-refractivity contribution in [2.45, 2.75) is 44.8 Å². The molecule has 4 nitrogen and oxygen atoms in total. The van der Waals surface area contributed by atoms with Gasteiger partial charge in [-0.25, -0.2) is 0 Å². The van der Waals surface area contributed by atoms with Crippen LogP contribution < -0.4 is 15.2 Å². The van der Waals surface area contributed by atoms with Crippen molar-refractivity contribution in [3.05, 3.63) is 24.3 Å². The summed E-state index contributed by atoms with van der Waals surface area (Å²) in [4.78, 5) is 10.9. The quantitative estimate of drug-likeness (QED) is 0.870. The molecule has 1 aromatic rings. The molecule has 1 aliphatic rings. The fourth-order valence-electron chi connectivity index (χ4n) is 2.08. The van der Waals surface area contributed by atoms with Gasteiger partial charge in [-0.15, -0.1) is 0 Å². The van der Waals surface area contributed by atoms with Gasteiger partial charge in [-0.3, -0.25) is 4.79 Å². The fourth-order valence-corrected chi connectivity index (χ4v) is 2.08. The Hall–Kier alpha value is -1.71. The van der Waals surface area contributed by atoms with E-state index in [1.807, 2.05) is 12.1 Å². The van der Waals surface area contributed by atoms with Gasteiger partial charge in [0.15, 0.2) is 6.10 Å². The Morgan fingerprint density at radius 3 is 2.67 bits per heavy atom. The van der Waals surface area contributed by atoms with Crippen molar-refractivity contribution < 1.29 is 14.3 Å². The lowest BCUT2D eigenvalue weighted by molar-refractivity contribution is -0.123. The van der Waals surface area contributed by atoms with Crippen LogP contribution in [0.2, 0.25) is 0 Å². The topological polar surface area (TPSA) is 61.6 Å². The minimum absolute atomic E-state index is 0.314. The van der Waals surface area contributed by atoms with E-state index in [0.717, 1.165) is 18.6 Å². The SMILES string of the molecule is C[C@@H](Oc1cccc(OC2CCCC2)c1)C(N)=O. The van der Waals surface area contributed by atoms with Crippen LogP contribution in [-0.4, -0.2) is 18.1 Å². The summed E-state index contributed by atoms with van der Waals surface area (Å²) < 4.78 is 11.3. The third-order valence-corrected chi connectivity index (χ3v) is 3.12. The van der Waals surface area contributed by atoms with E-state index in [4.69, 9.17) is 15.2 Å².